The van der Waals surface area contributed by atoms with Gasteiger partial charge in [-0.05, 0) is 56.2 Å². The fourth-order valence-corrected chi connectivity index (χ4v) is 2.83. The zero-order chi connectivity index (χ0) is 19.9. The molecule has 5 heteroatoms. The zero-order valence-corrected chi connectivity index (χ0v) is 17.3. The smallest absolute Gasteiger partial charge is 0.338 e. The minimum absolute atomic E-state index is 0.304. The number of benzene rings is 2. The van der Waals surface area contributed by atoms with Crippen molar-refractivity contribution >= 4 is 33.9 Å². The highest BCUT2D eigenvalue weighted by Crippen LogP contribution is 2.18. The summed E-state index contributed by atoms with van der Waals surface area (Å²) in [7, 11) is 0. The molecule has 2 aromatic carbocycles. The maximum Gasteiger partial charge on any atom is 0.338 e. The van der Waals surface area contributed by atoms with Crippen molar-refractivity contribution in [3.63, 3.8) is 0 Å². The maximum absolute atomic E-state index is 12.3. The van der Waals surface area contributed by atoms with Gasteiger partial charge in [0.15, 0.2) is 0 Å². The van der Waals surface area contributed by atoms with Crippen LogP contribution in [0.1, 0.15) is 42.3 Å². The van der Waals surface area contributed by atoms with E-state index < -0.39 is 17.5 Å². The standard InChI is InChI=1S/C22H23BrO4/c1-22(2,3)27-20(24)10-9-17-13-18(15-19(23)14-17)21(25)26-12-11-16-7-5-4-6-8-16/h4-10,13-15H,11-12H2,1-3H3/b10-9+. The molecule has 0 unspecified atom stereocenters. The van der Waals surface area contributed by atoms with Crippen molar-refractivity contribution < 1.29 is 19.1 Å². The fourth-order valence-electron chi connectivity index (χ4n) is 2.32. The third kappa shape index (κ3) is 7.79. The van der Waals surface area contributed by atoms with E-state index in [-0.39, 0.29) is 0 Å². The first-order valence-electron chi connectivity index (χ1n) is 8.66. The maximum atomic E-state index is 12.3. The van der Waals surface area contributed by atoms with Gasteiger partial charge in [-0.15, -0.1) is 0 Å². The van der Waals surface area contributed by atoms with E-state index in [1.54, 1.807) is 39.0 Å². The molecule has 2 aromatic rings. The average Bonchev–Trinajstić information content (AvgIpc) is 2.59. The molecule has 0 heterocycles. The Morgan fingerprint density at radius 3 is 2.44 bits per heavy atom. The molecule has 0 saturated heterocycles. The Labute approximate surface area is 168 Å². The lowest BCUT2D eigenvalue weighted by atomic mass is 10.1. The molecule has 0 radical (unpaired) electrons. The van der Waals surface area contributed by atoms with E-state index >= 15 is 0 Å². The minimum Gasteiger partial charge on any atom is -0.462 e. The number of ether oxygens (including phenoxy) is 2. The summed E-state index contributed by atoms with van der Waals surface area (Å²) in [6, 6.07) is 15.0. The van der Waals surface area contributed by atoms with Gasteiger partial charge in [0.05, 0.1) is 12.2 Å². The molecule has 27 heavy (non-hydrogen) atoms. The number of carbonyl (C=O) groups excluding carboxylic acids is 2. The minimum atomic E-state index is -0.549. The number of hydrogen-bond acceptors (Lipinski definition) is 4. The first kappa shape index (κ1) is 20.9. The van der Waals surface area contributed by atoms with E-state index in [1.165, 1.54) is 6.08 Å². The number of halogens is 1. The molecule has 4 nitrogen and oxygen atoms in total. The lowest BCUT2D eigenvalue weighted by Crippen LogP contribution is -2.22. The molecule has 0 bridgehead atoms. The third-order valence-corrected chi connectivity index (χ3v) is 3.90. The molecule has 2 rings (SSSR count). The van der Waals surface area contributed by atoms with Gasteiger partial charge in [0, 0.05) is 17.0 Å². The summed E-state index contributed by atoms with van der Waals surface area (Å²) >= 11 is 3.38. The van der Waals surface area contributed by atoms with E-state index in [1.807, 2.05) is 36.4 Å². The Morgan fingerprint density at radius 2 is 1.78 bits per heavy atom. The van der Waals surface area contributed by atoms with Gasteiger partial charge in [-0.25, -0.2) is 9.59 Å². The van der Waals surface area contributed by atoms with Crippen molar-refractivity contribution in [2.45, 2.75) is 32.8 Å². The normalized spacial score (nSPS) is 11.4. The molecule has 0 atom stereocenters. The van der Waals surface area contributed by atoms with Crippen LogP contribution in [0.5, 0.6) is 0 Å². The zero-order valence-electron chi connectivity index (χ0n) is 15.7. The first-order valence-corrected chi connectivity index (χ1v) is 9.45. The van der Waals surface area contributed by atoms with Crippen LogP contribution in [0.3, 0.4) is 0 Å². The summed E-state index contributed by atoms with van der Waals surface area (Å²) in [5.41, 5.74) is 1.68. The molecule has 0 fully saturated rings. The van der Waals surface area contributed by atoms with Crippen molar-refractivity contribution in [3.8, 4) is 0 Å². The summed E-state index contributed by atoms with van der Waals surface area (Å²) in [4.78, 5) is 24.1. The summed E-state index contributed by atoms with van der Waals surface area (Å²) in [6.07, 6.45) is 3.61. The Morgan fingerprint density at radius 1 is 1.07 bits per heavy atom. The second-order valence-electron chi connectivity index (χ2n) is 7.01. The number of carbonyl (C=O) groups is 2. The molecule has 0 aliphatic carbocycles. The lowest BCUT2D eigenvalue weighted by Gasteiger charge is -2.17. The van der Waals surface area contributed by atoms with Crippen LogP contribution in [-0.4, -0.2) is 24.1 Å². The van der Waals surface area contributed by atoms with Crippen LogP contribution < -0.4 is 0 Å². The van der Waals surface area contributed by atoms with Crippen molar-refractivity contribution in [2.24, 2.45) is 0 Å². The van der Waals surface area contributed by atoms with Crippen molar-refractivity contribution in [3.05, 3.63) is 75.8 Å². The van der Waals surface area contributed by atoms with Gasteiger partial charge in [0.25, 0.3) is 0 Å². The Kier molecular flexibility index (Phi) is 7.36. The van der Waals surface area contributed by atoms with Crippen molar-refractivity contribution in [2.75, 3.05) is 6.61 Å². The second kappa shape index (κ2) is 9.51. The van der Waals surface area contributed by atoms with Crippen LogP contribution in [0, 0.1) is 0 Å². The van der Waals surface area contributed by atoms with E-state index in [9.17, 15) is 9.59 Å². The molecular weight excluding hydrogens is 408 g/mol. The molecule has 142 valence electrons. The molecule has 0 saturated carbocycles. The van der Waals surface area contributed by atoms with Gasteiger partial charge in [0.1, 0.15) is 5.60 Å². The van der Waals surface area contributed by atoms with E-state index in [4.69, 9.17) is 9.47 Å². The molecule has 0 N–H and O–H groups in total. The van der Waals surface area contributed by atoms with E-state index in [0.29, 0.717) is 24.2 Å². The van der Waals surface area contributed by atoms with Crippen LogP contribution in [0.25, 0.3) is 6.08 Å². The topological polar surface area (TPSA) is 52.6 Å². The summed E-state index contributed by atoms with van der Waals surface area (Å²) < 4.78 is 11.3. The van der Waals surface area contributed by atoms with Crippen LogP contribution in [-0.2, 0) is 20.7 Å². The Bertz CT molecular complexity index is 820. The second-order valence-corrected chi connectivity index (χ2v) is 7.93. The summed E-state index contributed by atoms with van der Waals surface area (Å²) in [5.74, 6) is -0.839. The largest absolute Gasteiger partial charge is 0.462 e. The summed E-state index contributed by atoms with van der Waals surface area (Å²) in [5, 5.41) is 0. The highest BCUT2D eigenvalue weighted by molar-refractivity contribution is 9.10. The van der Waals surface area contributed by atoms with Gasteiger partial charge < -0.3 is 9.47 Å². The fraction of sp³-hybridized carbons (Fsp3) is 0.273. The van der Waals surface area contributed by atoms with Gasteiger partial charge in [-0.2, -0.15) is 0 Å². The lowest BCUT2D eigenvalue weighted by molar-refractivity contribution is -0.148. The van der Waals surface area contributed by atoms with Crippen molar-refractivity contribution in [1.82, 2.24) is 0 Å². The number of esters is 2. The number of hydrogen-bond donors (Lipinski definition) is 0. The predicted molar refractivity (Wildman–Crippen MR) is 109 cm³/mol. The van der Waals surface area contributed by atoms with Gasteiger partial charge in [-0.1, -0.05) is 46.3 Å². The van der Waals surface area contributed by atoms with Gasteiger partial charge in [-0.3, -0.25) is 0 Å². The molecule has 0 aromatic heterocycles. The van der Waals surface area contributed by atoms with Gasteiger partial charge >= 0.3 is 11.9 Å². The predicted octanol–water partition coefficient (Wildman–Crippen LogP) is 5.20. The molecule has 0 aliphatic heterocycles. The quantitative estimate of drug-likeness (QED) is 0.466. The van der Waals surface area contributed by atoms with Crippen LogP contribution in [0.15, 0.2) is 59.1 Å². The molecular formula is C22H23BrO4. The Balaban J connectivity index is 1.99. The number of rotatable bonds is 6. The SMILES string of the molecule is CC(C)(C)OC(=O)/C=C/c1cc(Br)cc(C(=O)OCCc2ccccc2)c1. The highest BCUT2D eigenvalue weighted by Gasteiger charge is 2.14. The summed E-state index contributed by atoms with van der Waals surface area (Å²) in [6.45, 7) is 5.72. The van der Waals surface area contributed by atoms with Crippen molar-refractivity contribution in [1.29, 1.82) is 0 Å². The van der Waals surface area contributed by atoms with E-state index in [2.05, 4.69) is 15.9 Å². The van der Waals surface area contributed by atoms with Crippen LogP contribution >= 0.6 is 15.9 Å². The third-order valence-electron chi connectivity index (χ3n) is 3.44. The monoisotopic (exact) mass is 430 g/mol. The first-order chi connectivity index (χ1) is 12.7. The van der Waals surface area contributed by atoms with Crippen LogP contribution in [0.2, 0.25) is 0 Å². The van der Waals surface area contributed by atoms with E-state index in [0.717, 1.165) is 10.0 Å². The molecule has 0 amide bonds. The average molecular weight is 431 g/mol. The van der Waals surface area contributed by atoms with Crippen LogP contribution in [0.4, 0.5) is 0 Å². The molecule has 0 aliphatic rings. The van der Waals surface area contributed by atoms with Gasteiger partial charge in [0.2, 0.25) is 0 Å². The molecule has 0 spiro atoms. The Hall–Kier alpha value is -2.40. The highest BCUT2D eigenvalue weighted by atomic mass is 79.9.